The van der Waals surface area contributed by atoms with Crippen molar-refractivity contribution >= 4 is 21.5 Å². The minimum Gasteiger partial charge on any atom is -0.392 e. The summed E-state index contributed by atoms with van der Waals surface area (Å²) in [5, 5.41) is 10.8. The summed E-state index contributed by atoms with van der Waals surface area (Å²) in [6.07, 6.45) is -0.101. The molecule has 0 aliphatic carbocycles. The van der Waals surface area contributed by atoms with Crippen LogP contribution in [0.2, 0.25) is 0 Å². The molecule has 0 saturated carbocycles. The number of para-hydroxylation sites is 1. The SMILES string of the molecule is CC(O)C(C)(C(=O)CCc1ccccc1)C1CN(S(=O)(=O)c2ccccc2)c2ccccc21. The van der Waals surface area contributed by atoms with E-state index in [-0.39, 0.29) is 23.6 Å². The van der Waals surface area contributed by atoms with Crippen molar-refractivity contribution in [3.05, 3.63) is 96.1 Å². The minimum absolute atomic E-state index is 0.0693. The number of Topliss-reactive ketones (excluding diaryl/α,β-unsaturated/α-hetero) is 1. The number of ketones is 1. The molecule has 3 aromatic rings. The van der Waals surface area contributed by atoms with Crippen LogP contribution in [0.15, 0.2) is 89.8 Å². The predicted molar refractivity (Wildman–Crippen MR) is 130 cm³/mol. The number of sulfonamides is 1. The molecule has 0 spiro atoms. The second-order valence-corrected chi connectivity index (χ2v) is 10.7. The second-order valence-electron chi connectivity index (χ2n) is 8.83. The van der Waals surface area contributed by atoms with Crippen LogP contribution in [-0.4, -0.2) is 32.0 Å². The average Bonchev–Trinajstić information content (AvgIpc) is 3.24. The van der Waals surface area contributed by atoms with Crippen LogP contribution in [0.4, 0.5) is 5.69 Å². The van der Waals surface area contributed by atoms with Crippen molar-refractivity contribution in [2.24, 2.45) is 5.41 Å². The molecule has 172 valence electrons. The molecule has 1 N–H and O–H groups in total. The normalized spacial score (nSPS) is 18.4. The van der Waals surface area contributed by atoms with E-state index in [1.54, 1.807) is 56.3 Å². The van der Waals surface area contributed by atoms with Gasteiger partial charge in [-0.3, -0.25) is 9.10 Å². The highest BCUT2D eigenvalue weighted by Gasteiger charge is 2.51. The van der Waals surface area contributed by atoms with Crippen LogP contribution in [0.1, 0.15) is 37.3 Å². The Balaban J connectivity index is 1.70. The molecule has 1 aliphatic heterocycles. The van der Waals surface area contributed by atoms with Crippen molar-refractivity contribution in [2.45, 2.75) is 43.6 Å². The van der Waals surface area contributed by atoms with E-state index in [1.807, 2.05) is 42.5 Å². The maximum Gasteiger partial charge on any atom is 0.264 e. The summed E-state index contributed by atoms with van der Waals surface area (Å²) >= 11 is 0. The zero-order valence-electron chi connectivity index (χ0n) is 18.9. The molecule has 0 saturated heterocycles. The van der Waals surface area contributed by atoms with Crippen molar-refractivity contribution < 1.29 is 18.3 Å². The van der Waals surface area contributed by atoms with Gasteiger partial charge >= 0.3 is 0 Å². The summed E-state index contributed by atoms with van der Waals surface area (Å²) in [7, 11) is -3.81. The number of aliphatic hydroxyl groups excluding tert-OH is 1. The molecule has 5 nitrogen and oxygen atoms in total. The van der Waals surface area contributed by atoms with Crippen LogP contribution in [0.25, 0.3) is 0 Å². The minimum atomic E-state index is -3.81. The van der Waals surface area contributed by atoms with Crippen molar-refractivity contribution in [1.29, 1.82) is 0 Å². The Morgan fingerprint density at radius 3 is 2.21 bits per heavy atom. The molecule has 0 amide bonds. The molecule has 6 heteroatoms. The van der Waals surface area contributed by atoms with E-state index in [1.165, 1.54) is 4.31 Å². The number of aryl methyl sites for hydroxylation is 1. The molecular weight excluding hydrogens is 434 g/mol. The lowest BCUT2D eigenvalue weighted by Crippen LogP contribution is -2.45. The van der Waals surface area contributed by atoms with Crippen molar-refractivity contribution in [3.63, 3.8) is 0 Å². The number of carbonyl (C=O) groups is 1. The third-order valence-corrected chi connectivity index (χ3v) is 8.73. The third kappa shape index (κ3) is 4.21. The zero-order valence-corrected chi connectivity index (χ0v) is 19.7. The Labute approximate surface area is 195 Å². The molecule has 3 aromatic carbocycles. The van der Waals surface area contributed by atoms with Crippen LogP contribution < -0.4 is 4.31 Å². The number of fused-ring (bicyclic) bond motifs is 1. The fraction of sp³-hybridized carbons (Fsp3) is 0.296. The topological polar surface area (TPSA) is 74.7 Å². The van der Waals surface area contributed by atoms with E-state index in [2.05, 4.69) is 0 Å². The molecule has 4 rings (SSSR count). The molecule has 0 aromatic heterocycles. The van der Waals surface area contributed by atoms with Crippen molar-refractivity contribution in [1.82, 2.24) is 0 Å². The summed E-state index contributed by atoms with van der Waals surface area (Å²) in [5.74, 6) is -0.532. The Kier molecular flexibility index (Phi) is 6.41. The number of anilines is 1. The van der Waals surface area contributed by atoms with Gasteiger partial charge in [0.05, 0.1) is 22.1 Å². The van der Waals surface area contributed by atoms with Gasteiger partial charge in [-0.05, 0) is 49.6 Å². The largest absolute Gasteiger partial charge is 0.392 e. The van der Waals surface area contributed by atoms with E-state index in [4.69, 9.17) is 0 Å². The first-order valence-corrected chi connectivity index (χ1v) is 12.6. The van der Waals surface area contributed by atoms with Crippen LogP contribution in [-0.2, 0) is 21.2 Å². The summed E-state index contributed by atoms with van der Waals surface area (Å²) in [6, 6.07) is 25.4. The van der Waals surface area contributed by atoms with Gasteiger partial charge in [0.2, 0.25) is 0 Å². The Hall–Kier alpha value is -2.96. The number of carbonyl (C=O) groups excluding carboxylic acids is 1. The standard InChI is InChI=1S/C27H29NO4S/c1-20(29)27(2,26(30)18-17-21-11-5-3-6-12-21)24-19-28(25-16-10-9-15-23(24)25)33(31,32)22-13-7-4-8-14-22/h3-16,20,24,29H,17-19H2,1-2H3. The molecule has 0 fully saturated rings. The number of hydrogen-bond acceptors (Lipinski definition) is 4. The summed E-state index contributed by atoms with van der Waals surface area (Å²) in [4.78, 5) is 13.8. The van der Waals surface area contributed by atoms with Crippen LogP contribution in [0, 0.1) is 5.41 Å². The highest BCUT2D eigenvalue weighted by Crippen LogP contribution is 2.50. The van der Waals surface area contributed by atoms with Gasteiger partial charge in [-0.25, -0.2) is 8.42 Å². The van der Waals surface area contributed by atoms with Gasteiger partial charge in [0.15, 0.2) is 0 Å². The highest BCUT2D eigenvalue weighted by molar-refractivity contribution is 7.92. The molecule has 33 heavy (non-hydrogen) atoms. The lowest BCUT2D eigenvalue weighted by molar-refractivity contribution is -0.135. The van der Waals surface area contributed by atoms with Crippen molar-refractivity contribution in [3.8, 4) is 0 Å². The number of aliphatic hydroxyl groups is 1. The Bertz CT molecular complexity index is 1230. The first kappa shape index (κ1) is 23.2. The van der Waals surface area contributed by atoms with E-state index in [0.717, 1.165) is 11.1 Å². The lowest BCUT2D eigenvalue weighted by atomic mass is 9.67. The smallest absolute Gasteiger partial charge is 0.264 e. The van der Waals surface area contributed by atoms with Gasteiger partial charge < -0.3 is 5.11 Å². The predicted octanol–water partition coefficient (Wildman–Crippen LogP) is 4.57. The summed E-state index contributed by atoms with van der Waals surface area (Å²) in [5.41, 5.74) is 1.26. The molecule has 0 bridgehead atoms. The Morgan fingerprint density at radius 2 is 1.58 bits per heavy atom. The molecular formula is C27H29NO4S. The zero-order chi connectivity index (χ0) is 23.6. The maximum atomic E-state index is 13.6. The van der Waals surface area contributed by atoms with Gasteiger partial charge in [0, 0.05) is 18.9 Å². The Morgan fingerprint density at radius 1 is 1.00 bits per heavy atom. The number of nitrogens with zero attached hydrogens (tertiary/aromatic N) is 1. The first-order chi connectivity index (χ1) is 15.8. The number of benzene rings is 3. The monoisotopic (exact) mass is 463 g/mol. The van der Waals surface area contributed by atoms with Gasteiger partial charge in [0.1, 0.15) is 5.78 Å². The molecule has 3 unspecified atom stereocenters. The molecule has 3 atom stereocenters. The quantitative estimate of drug-likeness (QED) is 0.531. The maximum absolute atomic E-state index is 13.6. The molecule has 0 radical (unpaired) electrons. The molecule has 1 aliphatic rings. The fourth-order valence-corrected chi connectivity index (χ4v) is 6.25. The van der Waals surface area contributed by atoms with E-state index >= 15 is 0 Å². The molecule has 1 heterocycles. The van der Waals surface area contributed by atoms with Gasteiger partial charge in [-0.2, -0.15) is 0 Å². The number of rotatable bonds is 8. The summed E-state index contributed by atoms with van der Waals surface area (Å²) in [6.45, 7) is 3.50. The van der Waals surface area contributed by atoms with Gasteiger partial charge in [-0.1, -0.05) is 66.7 Å². The lowest BCUT2D eigenvalue weighted by Gasteiger charge is -2.37. The van der Waals surface area contributed by atoms with Crippen LogP contribution >= 0.6 is 0 Å². The van der Waals surface area contributed by atoms with Gasteiger partial charge in [0.25, 0.3) is 10.0 Å². The van der Waals surface area contributed by atoms with E-state index in [0.29, 0.717) is 12.1 Å². The number of hydrogen-bond donors (Lipinski definition) is 1. The van der Waals surface area contributed by atoms with Crippen molar-refractivity contribution in [2.75, 3.05) is 10.8 Å². The van der Waals surface area contributed by atoms with Crippen LogP contribution in [0.3, 0.4) is 0 Å². The first-order valence-electron chi connectivity index (χ1n) is 11.2. The highest BCUT2D eigenvalue weighted by atomic mass is 32.2. The third-order valence-electron chi connectivity index (χ3n) is 6.94. The van der Waals surface area contributed by atoms with Crippen LogP contribution in [0.5, 0.6) is 0 Å². The van der Waals surface area contributed by atoms with E-state index < -0.39 is 27.5 Å². The summed E-state index contributed by atoms with van der Waals surface area (Å²) < 4.78 is 28.4. The van der Waals surface area contributed by atoms with Gasteiger partial charge in [-0.15, -0.1) is 0 Å². The van der Waals surface area contributed by atoms with E-state index in [9.17, 15) is 18.3 Å². The average molecular weight is 464 g/mol. The second kappa shape index (κ2) is 9.12. The fourth-order valence-electron chi connectivity index (χ4n) is 4.72.